The molecule has 0 radical (unpaired) electrons. The number of amides is 1. The van der Waals surface area contributed by atoms with Crippen molar-refractivity contribution in [3.05, 3.63) is 33.1 Å². The molecular weight excluding hydrogens is 284 g/mol. The largest absolute Gasteiger partial charge is 0.337 e. The second-order valence-electron chi connectivity index (χ2n) is 4.67. The number of rotatable bonds is 3. The minimum Gasteiger partial charge on any atom is -0.337 e. The molecule has 7 nitrogen and oxygen atoms in total. The van der Waals surface area contributed by atoms with Gasteiger partial charge in [0.15, 0.2) is 0 Å². The van der Waals surface area contributed by atoms with Gasteiger partial charge in [-0.1, -0.05) is 11.6 Å². The lowest BCUT2D eigenvalue weighted by Gasteiger charge is -2.32. The van der Waals surface area contributed by atoms with Crippen LogP contribution in [0.25, 0.3) is 0 Å². The molecule has 1 aliphatic rings. The number of pyridine rings is 1. The fraction of sp³-hybridized carbons (Fsp3) is 0.500. The zero-order valence-corrected chi connectivity index (χ0v) is 11.8. The van der Waals surface area contributed by atoms with Crippen molar-refractivity contribution in [2.24, 2.45) is 0 Å². The van der Waals surface area contributed by atoms with E-state index in [0.717, 1.165) is 19.0 Å². The standard InChI is InChI=1S/C12H15ClN4O3/c1-14-8-3-2-4-16(7-8)12(18)10-5-9(17(19)20)6-15-11(10)13/h5-6,8,14H,2-4,7H2,1H3. The Bertz CT molecular complexity index is 537. The van der Waals surface area contributed by atoms with E-state index in [9.17, 15) is 14.9 Å². The Morgan fingerprint density at radius 2 is 2.40 bits per heavy atom. The number of nitro groups is 1. The van der Waals surface area contributed by atoms with Crippen LogP contribution >= 0.6 is 11.6 Å². The summed E-state index contributed by atoms with van der Waals surface area (Å²) >= 11 is 5.89. The van der Waals surface area contributed by atoms with Crippen molar-refractivity contribution < 1.29 is 9.72 Å². The van der Waals surface area contributed by atoms with Gasteiger partial charge in [0.2, 0.25) is 0 Å². The van der Waals surface area contributed by atoms with E-state index in [1.165, 1.54) is 6.07 Å². The first-order chi connectivity index (χ1) is 9.52. The number of hydrogen-bond donors (Lipinski definition) is 1. The van der Waals surface area contributed by atoms with Crippen LogP contribution in [0.2, 0.25) is 5.15 Å². The third-order valence-corrected chi connectivity index (χ3v) is 3.68. The van der Waals surface area contributed by atoms with Gasteiger partial charge >= 0.3 is 0 Å². The highest BCUT2D eigenvalue weighted by atomic mass is 35.5. The molecule has 2 rings (SSSR count). The van der Waals surface area contributed by atoms with E-state index in [1.54, 1.807) is 4.90 Å². The first-order valence-electron chi connectivity index (χ1n) is 6.29. The Labute approximate surface area is 121 Å². The summed E-state index contributed by atoms with van der Waals surface area (Å²) < 4.78 is 0. The quantitative estimate of drug-likeness (QED) is 0.518. The summed E-state index contributed by atoms with van der Waals surface area (Å²) in [6, 6.07) is 1.42. The number of halogens is 1. The Morgan fingerprint density at radius 3 is 3.05 bits per heavy atom. The number of aromatic nitrogens is 1. The van der Waals surface area contributed by atoms with Crippen LogP contribution in [-0.4, -0.2) is 46.9 Å². The van der Waals surface area contributed by atoms with Gasteiger partial charge in [0.25, 0.3) is 11.6 Å². The normalized spacial score (nSPS) is 18.9. The van der Waals surface area contributed by atoms with E-state index < -0.39 is 4.92 Å². The van der Waals surface area contributed by atoms with Gasteiger partial charge in [0, 0.05) is 25.2 Å². The van der Waals surface area contributed by atoms with Crippen molar-refractivity contribution in [3.63, 3.8) is 0 Å². The maximum Gasteiger partial charge on any atom is 0.288 e. The SMILES string of the molecule is CNC1CCCN(C(=O)c2cc([N+](=O)[O-])cnc2Cl)C1. The van der Waals surface area contributed by atoms with Crippen LogP contribution in [0.3, 0.4) is 0 Å². The zero-order chi connectivity index (χ0) is 14.7. The zero-order valence-electron chi connectivity index (χ0n) is 11.0. The molecule has 0 saturated carbocycles. The van der Waals surface area contributed by atoms with E-state index >= 15 is 0 Å². The van der Waals surface area contributed by atoms with Crippen LogP contribution in [0.1, 0.15) is 23.2 Å². The minimum absolute atomic E-state index is 0.00724. The van der Waals surface area contributed by atoms with E-state index in [0.29, 0.717) is 13.1 Å². The van der Waals surface area contributed by atoms with Gasteiger partial charge < -0.3 is 10.2 Å². The maximum atomic E-state index is 12.4. The second kappa shape index (κ2) is 6.15. The third kappa shape index (κ3) is 3.05. The monoisotopic (exact) mass is 298 g/mol. The Kier molecular flexibility index (Phi) is 4.51. The molecule has 1 fully saturated rings. The molecule has 0 spiro atoms. The highest BCUT2D eigenvalue weighted by Gasteiger charge is 2.26. The smallest absolute Gasteiger partial charge is 0.288 e. The minimum atomic E-state index is -0.591. The second-order valence-corrected chi connectivity index (χ2v) is 5.03. The molecule has 8 heteroatoms. The first kappa shape index (κ1) is 14.7. The number of nitrogens with one attached hydrogen (secondary N) is 1. The van der Waals surface area contributed by atoms with Gasteiger partial charge in [-0.15, -0.1) is 0 Å². The molecule has 1 unspecified atom stereocenters. The van der Waals surface area contributed by atoms with Crippen LogP contribution < -0.4 is 5.32 Å². The first-order valence-corrected chi connectivity index (χ1v) is 6.67. The van der Waals surface area contributed by atoms with Crippen LogP contribution in [0.4, 0.5) is 5.69 Å². The van der Waals surface area contributed by atoms with E-state index in [-0.39, 0.29) is 28.4 Å². The van der Waals surface area contributed by atoms with Gasteiger partial charge in [-0.2, -0.15) is 0 Å². The fourth-order valence-electron chi connectivity index (χ4n) is 2.25. The number of nitrogens with zero attached hydrogens (tertiary/aromatic N) is 3. The summed E-state index contributed by atoms with van der Waals surface area (Å²) in [6.45, 7) is 1.18. The van der Waals surface area contributed by atoms with Crippen molar-refractivity contribution >= 4 is 23.2 Å². The fourth-order valence-corrected chi connectivity index (χ4v) is 2.44. The highest BCUT2D eigenvalue weighted by molar-refractivity contribution is 6.32. The maximum absolute atomic E-state index is 12.4. The Balaban J connectivity index is 2.24. The summed E-state index contributed by atoms with van der Waals surface area (Å²) in [7, 11) is 1.85. The number of hydrogen-bond acceptors (Lipinski definition) is 5. The summed E-state index contributed by atoms with van der Waals surface area (Å²) in [4.78, 5) is 27.9. The molecule has 1 aromatic heterocycles. The molecule has 0 bridgehead atoms. The summed E-state index contributed by atoms with van der Waals surface area (Å²) in [5, 5.41) is 13.9. The summed E-state index contributed by atoms with van der Waals surface area (Å²) in [6.07, 6.45) is 2.93. The number of likely N-dealkylation sites (tertiary alicyclic amines) is 1. The molecule has 20 heavy (non-hydrogen) atoms. The average molecular weight is 299 g/mol. The number of carbonyl (C=O) groups excluding carboxylic acids is 1. The van der Waals surface area contributed by atoms with Gasteiger partial charge in [0.05, 0.1) is 10.5 Å². The molecule has 0 aliphatic carbocycles. The van der Waals surface area contributed by atoms with Crippen molar-refractivity contribution in [1.29, 1.82) is 0 Å². The lowest BCUT2D eigenvalue weighted by Crippen LogP contribution is -2.47. The molecule has 1 saturated heterocycles. The predicted octanol–water partition coefficient (Wildman–Crippen LogP) is 1.47. The van der Waals surface area contributed by atoms with Gasteiger partial charge in [0.1, 0.15) is 11.3 Å². The third-order valence-electron chi connectivity index (χ3n) is 3.38. The van der Waals surface area contributed by atoms with Crippen molar-refractivity contribution in [2.45, 2.75) is 18.9 Å². The number of piperidine rings is 1. The van der Waals surface area contributed by atoms with Crippen molar-refractivity contribution in [2.75, 3.05) is 20.1 Å². The van der Waals surface area contributed by atoms with E-state index in [4.69, 9.17) is 11.6 Å². The molecule has 0 aromatic carbocycles. The highest BCUT2D eigenvalue weighted by Crippen LogP contribution is 2.22. The Hall–Kier alpha value is -1.73. The molecule has 1 atom stereocenters. The van der Waals surface area contributed by atoms with Crippen molar-refractivity contribution in [3.8, 4) is 0 Å². The lowest BCUT2D eigenvalue weighted by molar-refractivity contribution is -0.385. The summed E-state index contributed by atoms with van der Waals surface area (Å²) in [5.41, 5.74) is -0.155. The van der Waals surface area contributed by atoms with Gasteiger partial charge in [-0.3, -0.25) is 14.9 Å². The summed E-state index contributed by atoms with van der Waals surface area (Å²) in [5.74, 6) is -0.314. The van der Waals surface area contributed by atoms with Gasteiger partial charge in [-0.25, -0.2) is 4.98 Å². The van der Waals surface area contributed by atoms with Crippen molar-refractivity contribution in [1.82, 2.24) is 15.2 Å². The average Bonchev–Trinajstić information content (AvgIpc) is 2.46. The molecule has 2 heterocycles. The number of likely N-dealkylation sites (N-methyl/N-ethyl adjacent to an activating group) is 1. The van der Waals surface area contributed by atoms with E-state index in [2.05, 4.69) is 10.3 Å². The van der Waals surface area contributed by atoms with Crippen LogP contribution in [0, 0.1) is 10.1 Å². The molecule has 1 N–H and O–H groups in total. The molecule has 108 valence electrons. The van der Waals surface area contributed by atoms with E-state index in [1.807, 2.05) is 7.05 Å². The molecule has 1 amide bonds. The van der Waals surface area contributed by atoms with Crippen LogP contribution in [-0.2, 0) is 0 Å². The topological polar surface area (TPSA) is 88.4 Å². The van der Waals surface area contributed by atoms with Crippen LogP contribution in [0.5, 0.6) is 0 Å². The molecule has 1 aliphatic heterocycles. The number of carbonyl (C=O) groups is 1. The Morgan fingerprint density at radius 1 is 1.65 bits per heavy atom. The lowest BCUT2D eigenvalue weighted by atomic mass is 10.0. The predicted molar refractivity (Wildman–Crippen MR) is 73.9 cm³/mol. The van der Waals surface area contributed by atoms with Crippen LogP contribution in [0.15, 0.2) is 12.3 Å². The molecular formula is C12H15ClN4O3. The van der Waals surface area contributed by atoms with Gasteiger partial charge in [-0.05, 0) is 19.9 Å². The molecule has 1 aromatic rings.